The van der Waals surface area contributed by atoms with Gasteiger partial charge in [0.25, 0.3) is 0 Å². The second-order valence-electron chi connectivity index (χ2n) is 23.3. The molecule has 88 heavy (non-hydrogen) atoms. The molecule has 7 aliphatic heterocycles. The molecule has 0 aliphatic carbocycles. The van der Waals surface area contributed by atoms with Crippen LogP contribution in [-0.4, -0.2) is 114 Å². The van der Waals surface area contributed by atoms with Crippen molar-refractivity contribution in [2.45, 2.75) is 140 Å². The average Bonchev–Trinajstić information content (AvgIpc) is 3.58. The van der Waals surface area contributed by atoms with Crippen molar-refractivity contribution in [3.63, 3.8) is 0 Å². The number of hydrogen-bond donors (Lipinski definition) is 6. The highest BCUT2D eigenvalue weighted by atomic mass is 127. The Labute approximate surface area is 534 Å². The number of hydrogen-bond acceptors (Lipinski definition) is 20. The lowest BCUT2D eigenvalue weighted by molar-refractivity contribution is 0.00578. The van der Waals surface area contributed by atoms with Crippen LogP contribution in [0.2, 0.25) is 0 Å². The number of halogens is 1. The number of nitrogens with zero attached hydrogens (tertiary/aromatic N) is 6. The standard InChI is InChI=1S/C11H19BO3.4C10H14N2O.C10H12N2O.C5H5IN2/c1-10(2)11(3,4)15-12(14-10)9-6-5-7-13-8-9;5*11-10-5-1-4-9(12-10)8-3-2-6-13-7-8;6-4-2-1-3-5(7)8-4/h8H,5-7H2,1-4H3;4*1,4-5,8H,2-3,6-7H2,(H2,11,12);1,4-5,7H,2-3,6H2,(H2,11,12);1-3H,(H2,7,8)/t;2*8-;;;;/m.10..../s1. The molecule has 20 nitrogen and oxygen atoms in total. The van der Waals surface area contributed by atoms with Crippen molar-refractivity contribution in [3.05, 3.63) is 159 Å². The zero-order valence-electron chi connectivity index (χ0n) is 51.8. The van der Waals surface area contributed by atoms with Crippen molar-refractivity contribution in [1.82, 2.24) is 29.9 Å². The van der Waals surface area contributed by atoms with Gasteiger partial charge >= 0.3 is 7.12 Å². The molecule has 0 saturated carbocycles. The Hall–Kier alpha value is -6.67. The fraction of sp³-hybridized carbons (Fsp3) is 0.485. The first-order valence-electron chi connectivity index (χ1n) is 30.8. The van der Waals surface area contributed by atoms with E-state index in [0.29, 0.717) is 58.6 Å². The fourth-order valence-corrected chi connectivity index (χ4v) is 10.7. The average molecular weight is 1320 g/mol. The van der Waals surface area contributed by atoms with Gasteiger partial charge in [-0.2, -0.15) is 0 Å². The van der Waals surface area contributed by atoms with E-state index < -0.39 is 0 Å². The third-order valence-corrected chi connectivity index (χ3v) is 16.4. The molecule has 0 bridgehead atoms. The van der Waals surface area contributed by atoms with E-state index in [1.165, 1.54) is 0 Å². The molecule has 22 heteroatoms. The molecule has 6 aromatic rings. The van der Waals surface area contributed by atoms with Gasteiger partial charge in [0.2, 0.25) is 0 Å². The first-order valence-corrected chi connectivity index (χ1v) is 31.9. The highest BCUT2D eigenvalue weighted by molar-refractivity contribution is 14.1. The number of ether oxygens (including phenoxy) is 6. The first kappa shape index (κ1) is 68.8. The van der Waals surface area contributed by atoms with Crippen molar-refractivity contribution < 1.29 is 37.7 Å². The van der Waals surface area contributed by atoms with Crippen molar-refractivity contribution in [1.29, 1.82) is 0 Å². The molecule has 0 radical (unpaired) electrons. The zero-order valence-corrected chi connectivity index (χ0v) is 53.9. The summed E-state index contributed by atoms with van der Waals surface area (Å²) in [5.74, 6) is 5.31. The summed E-state index contributed by atoms with van der Waals surface area (Å²) in [5, 5.41) is 0. The molecule has 12 N–H and O–H groups in total. The summed E-state index contributed by atoms with van der Waals surface area (Å²) in [7, 11) is -0.227. The molecular formula is C66H92BIN12O8. The number of rotatable bonds is 6. The van der Waals surface area contributed by atoms with Gasteiger partial charge < -0.3 is 72.1 Å². The molecule has 4 atom stereocenters. The van der Waals surface area contributed by atoms with E-state index >= 15 is 0 Å². The van der Waals surface area contributed by atoms with Gasteiger partial charge in [0, 0.05) is 78.4 Å². The van der Waals surface area contributed by atoms with Crippen molar-refractivity contribution in [2.75, 3.05) is 100 Å². The van der Waals surface area contributed by atoms with Crippen molar-refractivity contribution in [3.8, 4) is 0 Å². The van der Waals surface area contributed by atoms with E-state index in [1.54, 1.807) is 24.7 Å². The Morgan fingerprint density at radius 1 is 0.398 bits per heavy atom. The van der Waals surface area contributed by atoms with Crippen LogP contribution in [0.4, 0.5) is 34.9 Å². The van der Waals surface area contributed by atoms with Crippen LogP contribution in [0.25, 0.3) is 5.57 Å². The van der Waals surface area contributed by atoms with Gasteiger partial charge in [0.15, 0.2) is 0 Å². The first-order chi connectivity index (χ1) is 42.5. The second kappa shape index (κ2) is 36.1. The molecule has 2 unspecified atom stereocenters. The number of nitrogen functional groups attached to an aromatic ring is 6. The van der Waals surface area contributed by atoms with Gasteiger partial charge in [-0.05, 0) is 206 Å². The van der Waals surface area contributed by atoms with Gasteiger partial charge in [-0.1, -0.05) is 36.4 Å². The summed E-state index contributed by atoms with van der Waals surface area (Å²) in [4.78, 5) is 25.3. The predicted molar refractivity (Wildman–Crippen MR) is 358 cm³/mol. The predicted octanol–water partition coefficient (Wildman–Crippen LogP) is 11.6. The Morgan fingerprint density at radius 3 is 1.02 bits per heavy atom. The maximum atomic E-state index is 5.93. The Kier molecular flexibility index (Phi) is 28.2. The maximum absolute atomic E-state index is 5.93. The van der Waals surface area contributed by atoms with Gasteiger partial charge in [0.05, 0.1) is 69.1 Å². The molecule has 13 heterocycles. The molecular weight excluding hydrogens is 1230 g/mol. The summed E-state index contributed by atoms with van der Waals surface area (Å²) in [6, 6.07) is 34.3. The van der Waals surface area contributed by atoms with E-state index in [4.69, 9.17) is 72.1 Å². The third-order valence-electron chi connectivity index (χ3n) is 15.8. The molecule has 13 rings (SSSR count). The summed E-state index contributed by atoms with van der Waals surface area (Å²) < 4.78 is 44.9. The fourth-order valence-electron chi connectivity index (χ4n) is 10.2. The Balaban J connectivity index is 0.000000147. The number of anilines is 6. The van der Waals surface area contributed by atoms with E-state index in [2.05, 4.69) is 80.2 Å². The molecule has 5 saturated heterocycles. The SMILES string of the molecule is CC1(C)OB(C2=COCCC2)OC1(C)C.Nc1cccc(C2=COCCC2)n1.Nc1cccc(C2CCCOC2)n1.Nc1cccc(C2CCCOC2)n1.Nc1cccc(I)n1.Nc1cccc([C@@H]2CCCOC2)n1.Nc1cccc([C@H]2CCCOC2)n1. The van der Waals surface area contributed by atoms with Gasteiger partial charge in [-0.15, -0.1) is 0 Å². The van der Waals surface area contributed by atoms with Crippen LogP contribution in [0.3, 0.4) is 0 Å². The minimum atomic E-state index is -0.254. The van der Waals surface area contributed by atoms with Crippen molar-refractivity contribution in [2.24, 2.45) is 0 Å². The highest BCUT2D eigenvalue weighted by Gasteiger charge is 2.52. The zero-order chi connectivity index (χ0) is 62.6. The molecule has 0 spiro atoms. The molecule has 5 fully saturated rings. The Bertz CT molecular complexity index is 2810. The molecule has 474 valence electrons. The van der Waals surface area contributed by atoms with E-state index in [9.17, 15) is 0 Å². The lowest BCUT2D eigenvalue weighted by atomic mass is 9.76. The van der Waals surface area contributed by atoms with Crippen molar-refractivity contribution >= 4 is 70.2 Å². The van der Waals surface area contributed by atoms with Crippen LogP contribution in [0.1, 0.15) is 157 Å². The normalized spacial score (nSPS) is 21.6. The second-order valence-corrected chi connectivity index (χ2v) is 24.4. The van der Waals surface area contributed by atoms with Gasteiger partial charge in [-0.3, -0.25) is 0 Å². The highest BCUT2D eigenvalue weighted by Crippen LogP contribution is 2.40. The number of allylic oxidation sites excluding steroid dienone is 2. The largest absolute Gasteiger partial charge is 0.502 e. The number of nitrogens with two attached hydrogens (primary N) is 6. The molecule has 6 aromatic heterocycles. The maximum Gasteiger partial charge on any atom is 0.493 e. The van der Waals surface area contributed by atoms with E-state index in [0.717, 1.165) is 186 Å². The minimum absolute atomic E-state index is 0.227. The topological polar surface area (TPSA) is 307 Å². The lowest BCUT2D eigenvalue weighted by Crippen LogP contribution is -2.41. The molecule has 7 aliphatic rings. The Morgan fingerprint density at radius 2 is 0.739 bits per heavy atom. The van der Waals surface area contributed by atoms with Crippen LogP contribution in [0.15, 0.2) is 127 Å². The van der Waals surface area contributed by atoms with Crippen LogP contribution < -0.4 is 34.4 Å². The smallest absolute Gasteiger partial charge is 0.493 e. The summed E-state index contributed by atoms with van der Waals surface area (Å²) in [6.07, 6.45) is 16.9. The number of pyridine rings is 6. The van der Waals surface area contributed by atoms with Gasteiger partial charge in [-0.25, -0.2) is 29.9 Å². The van der Waals surface area contributed by atoms with Crippen LogP contribution in [-0.2, 0) is 37.7 Å². The van der Waals surface area contributed by atoms with Gasteiger partial charge in [0.1, 0.15) is 38.6 Å². The number of aromatic nitrogens is 6. The van der Waals surface area contributed by atoms with E-state index in [-0.39, 0.29) is 18.3 Å². The summed E-state index contributed by atoms with van der Waals surface area (Å²) >= 11 is 2.11. The summed E-state index contributed by atoms with van der Waals surface area (Å²) in [5.41, 5.74) is 40.3. The quantitative estimate of drug-likeness (QED) is 0.0513. The van der Waals surface area contributed by atoms with Crippen LogP contribution >= 0.6 is 22.6 Å². The minimum Gasteiger partial charge on any atom is -0.502 e. The van der Waals surface area contributed by atoms with Crippen LogP contribution in [0, 0.1) is 3.70 Å². The molecule has 0 aromatic carbocycles. The van der Waals surface area contributed by atoms with Crippen LogP contribution in [0.5, 0.6) is 0 Å². The summed E-state index contributed by atoms with van der Waals surface area (Å²) in [6.45, 7) is 16.6. The lowest BCUT2D eigenvalue weighted by Gasteiger charge is -2.32. The third kappa shape index (κ3) is 23.4. The van der Waals surface area contributed by atoms with E-state index in [1.807, 2.05) is 97.1 Å². The monoisotopic (exact) mass is 1320 g/mol. The molecule has 0 amide bonds.